The van der Waals surface area contributed by atoms with Crippen molar-refractivity contribution in [2.45, 2.75) is 19.1 Å². The Morgan fingerprint density at radius 2 is 1.89 bits per heavy atom. The molecule has 7 heteroatoms. The molecule has 1 saturated heterocycles. The van der Waals surface area contributed by atoms with Gasteiger partial charge in [-0.2, -0.15) is 5.10 Å². The molecule has 1 aliphatic heterocycles. The number of benzene rings is 2. The van der Waals surface area contributed by atoms with Crippen molar-refractivity contribution in [3.05, 3.63) is 70.9 Å². The fraction of sp³-hybridized carbons (Fsp3) is 0.250. The molecule has 1 aliphatic rings. The molecule has 1 aromatic heterocycles. The number of anilines is 1. The molecule has 1 fully saturated rings. The Hall–Kier alpha value is -3.06. The third-order valence-corrected chi connectivity index (χ3v) is 4.97. The number of carbonyl (C=O) groups is 1. The molecule has 1 amide bonds. The quantitative estimate of drug-likeness (QED) is 0.711. The van der Waals surface area contributed by atoms with Crippen LogP contribution in [0.4, 0.5) is 10.1 Å². The van der Waals surface area contributed by atoms with Gasteiger partial charge in [-0.25, -0.2) is 9.07 Å². The van der Waals surface area contributed by atoms with E-state index in [4.69, 9.17) is 0 Å². The molecule has 0 saturated carbocycles. The van der Waals surface area contributed by atoms with Crippen molar-refractivity contribution in [1.29, 1.82) is 0 Å². The number of halogens is 1. The Morgan fingerprint density at radius 3 is 2.70 bits per heavy atom. The normalized spacial score (nSPS) is 17.2. The van der Waals surface area contributed by atoms with Crippen molar-refractivity contribution in [2.75, 3.05) is 18.5 Å². The maximum absolute atomic E-state index is 14.0. The van der Waals surface area contributed by atoms with Crippen molar-refractivity contribution in [3.63, 3.8) is 0 Å². The van der Waals surface area contributed by atoms with E-state index in [0.29, 0.717) is 24.0 Å². The SMILES string of the molecule is CN(Cn1ncc2ccccc2c1=O)C1CCN(c2ccccc2F)C1=O. The lowest BCUT2D eigenvalue weighted by molar-refractivity contribution is -0.121. The highest BCUT2D eigenvalue weighted by atomic mass is 19.1. The Labute approximate surface area is 155 Å². The van der Waals surface area contributed by atoms with Crippen LogP contribution >= 0.6 is 0 Å². The van der Waals surface area contributed by atoms with Gasteiger partial charge in [0, 0.05) is 11.9 Å². The molecule has 138 valence electrons. The minimum absolute atomic E-state index is 0.170. The lowest BCUT2D eigenvalue weighted by Crippen LogP contribution is -2.42. The lowest BCUT2D eigenvalue weighted by atomic mass is 10.2. The van der Waals surface area contributed by atoms with E-state index in [1.807, 2.05) is 18.2 Å². The average molecular weight is 366 g/mol. The summed E-state index contributed by atoms with van der Waals surface area (Å²) in [5.74, 6) is -0.585. The highest BCUT2D eigenvalue weighted by Gasteiger charge is 2.36. The number of hydrogen-bond donors (Lipinski definition) is 0. The number of carbonyl (C=O) groups excluding carboxylic acids is 1. The summed E-state index contributed by atoms with van der Waals surface area (Å²) in [6.45, 7) is 0.625. The van der Waals surface area contributed by atoms with Crippen LogP contribution < -0.4 is 10.5 Å². The van der Waals surface area contributed by atoms with Gasteiger partial charge in [-0.1, -0.05) is 30.3 Å². The summed E-state index contributed by atoms with van der Waals surface area (Å²) in [4.78, 5) is 28.7. The number of likely N-dealkylation sites (N-methyl/N-ethyl adjacent to an activating group) is 1. The van der Waals surface area contributed by atoms with Crippen LogP contribution in [0.3, 0.4) is 0 Å². The summed E-state index contributed by atoms with van der Waals surface area (Å²) >= 11 is 0. The maximum Gasteiger partial charge on any atom is 0.275 e. The molecule has 0 radical (unpaired) electrons. The third-order valence-electron chi connectivity index (χ3n) is 4.97. The summed E-state index contributed by atoms with van der Waals surface area (Å²) < 4.78 is 15.4. The van der Waals surface area contributed by atoms with Crippen LogP contribution in [-0.4, -0.2) is 40.2 Å². The molecule has 0 spiro atoms. The monoisotopic (exact) mass is 366 g/mol. The van der Waals surface area contributed by atoms with Crippen LogP contribution in [-0.2, 0) is 11.5 Å². The minimum Gasteiger partial charge on any atom is -0.308 e. The van der Waals surface area contributed by atoms with Gasteiger partial charge in [-0.15, -0.1) is 0 Å². The molecule has 0 N–H and O–H groups in total. The number of hydrogen-bond acceptors (Lipinski definition) is 4. The van der Waals surface area contributed by atoms with E-state index in [2.05, 4.69) is 5.10 Å². The lowest BCUT2D eigenvalue weighted by Gasteiger charge is -2.24. The summed E-state index contributed by atoms with van der Waals surface area (Å²) in [5, 5.41) is 5.58. The molecular weight excluding hydrogens is 347 g/mol. The summed E-state index contributed by atoms with van der Waals surface area (Å²) in [6, 6.07) is 13.1. The first-order valence-electron chi connectivity index (χ1n) is 8.77. The second-order valence-electron chi connectivity index (χ2n) is 6.68. The topological polar surface area (TPSA) is 58.4 Å². The first-order chi connectivity index (χ1) is 13.1. The number of aromatic nitrogens is 2. The van der Waals surface area contributed by atoms with E-state index in [-0.39, 0.29) is 18.1 Å². The van der Waals surface area contributed by atoms with Crippen molar-refractivity contribution < 1.29 is 9.18 Å². The largest absolute Gasteiger partial charge is 0.308 e. The summed E-state index contributed by atoms with van der Waals surface area (Å²) in [6.07, 6.45) is 2.21. The maximum atomic E-state index is 14.0. The van der Waals surface area contributed by atoms with Gasteiger partial charge in [-0.3, -0.25) is 14.5 Å². The predicted octanol–water partition coefficient (Wildman–Crippen LogP) is 2.23. The Morgan fingerprint density at radius 1 is 1.15 bits per heavy atom. The van der Waals surface area contributed by atoms with Crippen LogP contribution in [0.2, 0.25) is 0 Å². The van der Waals surface area contributed by atoms with Gasteiger partial charge in [0.25, 0.3) is 5.56 Å². The van der Waals surface area contributed by atoms with Gasteiger partial charge in [0.1, 0.15) is 5.82 Å². The van der Waals surface area contributed by atoms with Gasteiger partial charge in [-0.05, 0) is 31.7 Å². The molecule has 1 atom stereocenters. The van der Waals surface area contributed by atoms with Crippen molar-refractivity contribution in [1.82, 2.24) is 14.7 Å². The van der Waals surface area contributed by atoms with Crippen molar-refractivity contribution in [3.8, 4) is 0 Å². The van der Waals surface area contributed by atoms with Gasteiger partial charge in [0.15, 0.2) is 0 Å². The molecule has 3 aromatic rings. The minimum atomic E-state index is -0.426. The van der Waals surface area contributed by atoms with Gasteiger partial charge < -0.3 is 4.90 Å². The zero-order valence-electron chi connectivity index (χ0n) is 14.9. The first kappa shape index (κ1) is 17.4. The fourth-order valence-corrected chi connectivity index (χ4v) is 3.52. The van der Waals surface area contributed by atoms with Gasteiger partial charge in [0.05, 0.1) is 30.0 Å². The second-order valence-corrected chi connectivity index (χ2v) is 6.68. The zero-order valence-corrected chi connectivity index (χ0v) is 14.9. The number of nitrogens with zero attached hydrogens (tertiary/aromatic N) is 4. The fourth-order valence-electron chi connectivity index (χ4n) is 3.52. The van der Waals surface area contributed by atoms with Crippen LogP contribution in [0.5, 0.6) is 0 Å². The van der Waals surface area contributed by atoms with Crippen LogP contribution in [0.15, 0.2) is 59.5 Å². The van der Waals surface area contributed by atoms with E-state index < -0.39 is 11.9 Å². The Balaban J connectivity index is 1.55. The van der Waals surface area contributed by atoms with E-state index in [0.717, 1.165) is 5.39 Å². The first-order valence-corrected chi connectivity index (χ1v) is 8.77. The average Bonchev–Trinajstić information content (AvgIpc) is 3.06. The third kappa shape index (κ3) is 3.10. The Kier molecular flexibility index (Phi) is 4.45. The van der Waals surface area contributed by atoms with Crippen LogP contribution in [0, 0.1) is 5.82 Å². The molecule has 1 unspecified atom stereocenters. The van der Waals surface area contributed by atoms with E-state index in [1.165, 1.54) is 15.6 Å². The van der Waals surface area contributed by atoms with E-state index in [9.17, 15) is 14.0 Å². The van der Waals surface area contributed by atoms with Crippen molar-refractivity contribution >= 4 is 22.4 Å². The highest BCUT2D eigenvalue weighted by molar-refractivity contribution is 5.99. The predicted molar refractivity (Wildman–Crippen MR) is 101 cm³/mol. The molecular formula is C20H19FN4O2. The second kappa shape index (κ2) is 6.92. The van der Waals surface area contributed by atoms with Crippen LogP contribution in [0.1, 0.15) is 6.42 Å². The molecule has 2 heterocycles. The summed E-state index contributed by atoms with van der Waals surface area (Å²) in [5.41, 5.74) is 0.0933. The highest BCUT2D eigenvalue weighted by Crippen LogP contribution is 2.26. The van der Waals surface area contributed by atoms with Gasteiger partial charge >= 0.3 is 0 Å². The van der Waals surface area contributed by atoms with E-state index in [1.54, 1.807) is 42.4 Å². The standard InChI is InChI=1S/C20H19FN4O2/c1-23(13-25-19(26)15-7-3-2-6-14(15)12-22-25)18-10-11-24(20(18)27)17-9-5-4-8-16(17)21/h2-9,12,18H,10-11,13H2,1H3. The smallest absolute Gasteiger partial charge is 0.275 e. The number of amides is 1. The molecule has 6 nitrogen and oxygen atoms in total. The molecule has 2 aromatic carbocycles. The molecule has 27 heavy (non-hydrogen) atoms. The molecule has 0 bridgehead atoms. The van der Waals surface area contributed by atoms with Crippen LogP contribution in [0.25, 0.3) is 10.8 Å². The summed E-state index contributed by atoms with van der Waals surface area (Å²) in [7, 11) is 1.77. The zero-order chi connectivity index (χ0) is 19.0. The van der Waals surface area contributed by atoms with E-state index >= 15 is 0 Å². The number of fused-ring (bicyclic) bond motifs is 1. The molecule has 0 aliphatic carbocycles. The van der Waals surface area contributed by atoms with Gasteiger partial charge in [0.2, 0.25) is 5.91 Å². The van der Waals surface area contributed by atoms with Crippen molar-refractivity contribution in [2.24, 2.45) is 0 Å². The number of para-hydroxylation sites is 1. The number of rotatable bonds is 4. The Bertz CT molecular complexity index is 1070. The molecule has 4 rings (SSSR count).